The number of hydrogen-bond acceptors (Lipinski definition) is 6. The van der Waals surface area contributed by atoms with Crippen LogP contribution in [0.1, 0.15) is 22.3 Å². The number of sulfonamides is 1. The average molecular weight is 436 g/mol. The maximum atomic E-state index is 12.8. The summed E-state index contributed by atoms with van der Waals surface area (Å²) in [6.07, 6.45) is 0.582. The topological polar surface area (TPSA) is 118 Å². The summed E-state index contributed by atoms with van der Waals surface area (Å²) in [5.74, 6) is -0.401. The first-order valence-corrected chi connectivity index (χ1v) is 10.5. The lowest BCUT2D eigenvalue weighted by molar-refractivity contribution is 0.102. The molecule has 1 aliphatic rings. The minimum Gasteiger partial charge on any atom is -0.496 e. The number of amides is 1. The maximum absolute atomic E-state index is 12.8. The van der Waals surface area contributed by atoms with Gasteiger partial charge in [0.15, 0.2) is 0 Å². The molecule has 29 heavy (non-hydrogen) atoms. The van der Waals surface area contributed by atoms with E-state index < -0.39 is 15.9 Å². The molecular formula is C19H18ClN3O5S. The van der Waals surface area contributed by atoms with Crippen molar-refractivity contribution in [3.63, 3.8) is 0 Å². The molecule has 8 nitrogen and oxygen atoms in total. The van der Waals surface area contributed by atoms with Gasteiger partial charge in [-0.1, -0.05) is 11.6 Å². The van der Waals surface area contributed by atoms with Crippen molar-refractivity contribution in [3.05, 3.63) is 52.5 Å². The van der Waals surface area contributed by atoms with E-state index in [1.807, 2.05) is 6.07 Å². The van der Waals surface area contributed by atoms with Gasteiger partial charge in [0, 0.05) is 23.4 Å². The Morgan fingerprint density at radius 1 is 1.31 bits per heavy atom. The summed E-state index contributed by atoms with van der Waals surface area (Å²) in [4.78, 5) is 12.7. The number of nitrogens with one attached hydrogen (secondary N) is 2. The van der Waals surface area contributed by atoms with Gasteiger partial charge in [0.25, 0.3) is 5.91 Å². The largest absolute Gasteiger partial charge is 0.496 e. The number of carbonyl (C=O) groups excluding carboxylic acids is 1. The van der Waals surface area contributed by atoms with E-state index in [1.54, 1.807) is 0 Å². The SMILES string of the molecule is COc1ccc(S(=O)(=O)N[C@H]2CCOC2)cc1C(=O)Nc1cc(Cl)cc(C#N)c1. The number of hydrogen-bond donors (Lipinski definition) is 2. The Morgan fingerprint density at radius 3 is 2.76 bits per heavy atom. The summed E-state index contributed by atoms with van der Waals surface area (Å²) in [7, 11) is -2.47. The lowest BCUT2D eigenvalue weighted by Crippen LogP contribution is -2.35. The van der Waals surface area contributed by atoms with Crippen molar-refractivity contribution in [2.24, 2.45) is 0 Å². The van der Waals surface area contributed by atoms with Crippen molar-refractivity contribution < 1.29 is 22.7 Å². The second kappa shape index (κ2) is 8.80. The fourth-order valence-electron chi connectivity index (χ4n) is 2.87. The summed E-state index contributed by atoms with van der Waals surface area (Å²) < 4.78 is 38.3. The van der Waals surface area contributed by atoms with Crippen LogP contribution in [0, 0.1) is 11.3 Å². The van der Waals surface area contributed by atoms with Gasteiger partial charge in [0.05, 0.1) is 35.8 Å². The van der Waals surface area contributed by atoms with Crippen molar-refractivity contribution in [1.82, 2.24) is 4.72 Å². The molecule has 0 aromatic heterocycles. The summed E-state index contributed by atoms with van der Waals surface area (Å²) in [6.45, 7) is 0.798. The Labute approximate surface area is 173 Å². The molecule has 1 heterocycles. The Kier molecular flexibility index (Phi) is 6.39. The molecule has 1 atom stereocenters. The molecule has 0 unspecified atom stereocenters. The van der Waals surface area contributed by atoms with Crippen LogP contribution in [0.5, 0.6) is 5.75 Å². The predicted octanol–water partition coefficient (Wildman–Crippen LogP) is 2.54. The molecule has 0 bridgehead atoms. The van der Waals surface area contributed by atoms with Gasteiger partial charge in [-0.25, -0.2) is 13.1 Å². The number of rotatable bonds is 6. The van der Waals surface area contributed by atoms with Crippen LogP contribution in [0.25, 0.3) is 0 Å². The normalized spacial score (nSPS) is 16.2. The van der Waals surface area contributed by atoms with E-state index in [9.17, 15) is 13.2 Å². The van der Waals surface area contributed by atoms with Crippen LogP contribution in [0.2, 0.25) is 5.02 Å². The van der Waals surface area contributed by atoms with E-state index in [2.05, 4.69) is 10.0 Å². The molecule has 10 heteroatoms. The zero-order valence-electron chi connectivity index (χ0n) is 15.4. The van der Waals surface area contributed by atoms with Crippen molar-refractivity contribution in [2.45, 2.75) is 17.4 Å². The molecular weight excluding hydrogens is 418 g/mol. The van der Waals surface area contributed by atoms with Gasteiger partial charge in [0.1, 0.15) is 5.75 Å². The van der Waals surface area contributed by atoms with Crippen molar-refractivity contribution in [1.29, 1.82) is 5.26 Å². The van der Waals surface area contributed by atoms with Gasteiger partial charge < -0.3 is 14.8 Å². The van der Waals surface area contributed by atoms with E-state index >= 15 is 0 Å². The summed E-state index contributed by atoms with van der Waals surface area (Å²) >= 11 is 5.96. The number of ether oxygens (including phenoxy) is 2. The van der Waals surface area contributed by atoms with Crippen LogP contribution in [-0.2, 0) is 14.8 Å². The third-order valence-electron chi connectivity index (χ3n) is 4.26. The van der Waals surface area contributed by atoms with E-state index in [0.29, 0.717) is 25.3 Å². The van der Waals surface area contributed by atoms with E-state index in [4.69, 9.17) is 26.3 Å². The van der Waals surface area contributed by atoms with Gasteiger partial charge in [-0.3, -0.25) is 4.79 Å². The lowest BCUT2D eigenvalue weighted by atomic mass is 10.1. The standard InChI is InChI=1S/C19H18ClN3O5S/c1-27-18-3-2-16(29(25,26)23-14-4-5-28-11-14)9-17(18)19(24)22-15-7-12(10-21)6-13(20)8-15/h2-3,6-9,14,23H,4-5,11H2,1H3,(H,22,24)/t14-/m0/s1. The van der Waals surface area contributed by atoms with Crippen LogP contribution in [0.15, 0.2) is 41.3 Å². The molecule has 0 spiro atoms. The van der Waals surface area contributed by atoms with Gasteiger partial charge >= 0.3 is 0 Å². The van der Waals surface area contributed by atoms with Crippen molar-refractivity contribution in [3.8, 4) is 11.8 Å². The zero-order chi connectivity index (χ0) is 21.0. The fraction of sp³-hybridized carbons (Fsp3) is 0.263. The summed E-state index contributed by atoms with van der Waals surface area (Å²) in [6, 6.07) is 10.0. The molecule has 0 aliphatic carbocycles. The molecule has 1 aliphatic heterocycles. The average Bonchev–Trinajstić information content (AvgIpc) is 3.19. The quantitative estimate of drug-likeness (QED) is 0.719. The number of nitriles is 1. The van der Waals surface area contributed by atoms with Crippen molar-refractivity contribution >= 4 is 33.2 Å². The highest BCUT2D eigenvalue weighted by atomic mass is 35.5. The smallest absolute Gasteiger partial charge is 0.259 e. The van der Waals surface area contributed by atoms with Gasteiger partial charge in [-0.05, 0) is 42.8 Å². The van der Waals surface area contributed by atoms with E-state index in [0.717, 1.165) is 0 Å². The molecule has 0 radical (unpaired) electrons. The summed E-state index contributed by atoms with van der Waals surface area (Å²) in [5.41, 5.74) is 0.603. The second-order valence-corrected chi connectivity index (χ2v) is 8.49. The van der Waals surface area contributed by atoms with E-state index in [-0.39, 0.29) is 32.8 Å². The van der Waals surface area contributed by atoms with Crippen LogP contribution < -0.4 is 14.8 Å². The Morgan fingerprint density at radius 2 is 2.10 bits per heavy atom. The van der Waals surface area contributed by atoms with Crippen LogP contribution >= 0.6 is 11.6 Å². The highest BCUT2D eigenvalue weighted by molar-refractivity contribution is 7.89. The first kappa shape index (κ1) is 21.1. The predicted molar refractivity (Wildman–Crippen MR) is 107 cm³/mol. The van der Waals surface area contributed by atoms with Gasteiger partial charge in [0.2, 0.25) is 10.0 Å². The Bertz CT molecular complexity index is 1080. The molecule has 1 saturated heterocycles. The molecule has 152 valence electrons. The van der Waals surface area contributed by atoms with Gasteiger partial charge in [-0.15, -0.1) is 0 Å². The molecule has 0 saturated carbocycles. The van der Waals surface area contributed by atoms with Crippen molar-refractivity contribution in [2.75, 3.05) is 25.6 Å². The maximum Gasteiger partial charge on any atom is 0.259 e. The Hall–Kier alpha value is -2.64. The minimum atomic E-state index is -3.84. The van der Waals surface area contributed by atoms with E-state index in [1.165, 1.54) is 43.5 Å². The Balaban J connectivity index is 1.89. The number of halogens is 1. The monoisotopic (exact) mass is 435 g/mol. The molecule has 1 fully saturated rings. The molecule has 2 aromatic rings. The van der Waals surface area contributed by atoms with Crippen LogP contribution in [0.3, 0.4) is 0 Å². The first-order chi connectivity index (χ1) is 13.8. The third kappa shape index (κ3) is 5.05. The molecule has 2 aromatic carbocycles. The number of benzene rings is 2. The fourth-order valence-corrected chi connectivity index (χ4v) is 4.39. The third-order valence-corrected chi connectivity index (χ3v) is 6.00. The minimum absolute atomic E-state index is 0.0246. The number of carbonyl (C=O) groups is 1. The lowest BCUT2D eigenvalue weighted by Gasteiger charge is -2.14. The first-order valence-electron chi connectivity index (χ1n) is 8.62. The number of anilines is 1. The summed E-state index contributed by atoms with van der Waals surface area (Å²) in [5, 5.41) is 11.9. The molecule has 3 rings (SSSR count). The second-order valence-electron chi connectivity index (χ2n) is 6.34. The van der Waals surface area contributed by atoms with Crippen LogP contribution in [-0.4, -0.2) is 40.7 Å². The highest BCUT2D eigenvalue weighted by Gasteiger charge is 2.25. The number of nitrogens with zero attached hydrogens (tertiary/aromatic N) is 1. The zero-order valence-corrected chi connectivity index (χ0v) is 17.0. The van der Waals surface area contributed by atoms with Crippen LogP contribution in [0.4, 0.5) is 5.69 Å². The number of methoxy groups -OCH3 is 1. The highest BCUT2D eigenvalue weighted by Crippen LogP contribution is 2.25. The van der Waals surface area contributed by atoms with Gasteiger partial charge in [-0.2, -0.15) is 5.26 Å². The molecule has 2 N–H and O–H groups in total. The molecule has 1 amide bonds.